The molecule has 7 nitrogen and oxygen atoms in total. The molecule has 2 aromatic heterocycles. The van der Waals surface area contributed by atoms with Crippen molar-refractivity contribution >= 4 is 17.7 Å². The molecule has 0 aromatic carbocycles. The molecule has 0 bridgehead atoms. The van der Waals surface area contributed by atoms with Gasteiger partial charge in [-0.1, -0.05) is 0 Å². The third kappa shape index (κ3) is 2.28. The number of carboxylic acids is 1. The standard InChI is InChI=1S/C10H10N4O3S/c1-2-14-9(17)12-13-10(14)18-6-4-3-5-11-7(6)8(15)16/h3-5H,2H2,1H3,(H,12,17)(H,15,16). The lowest BCUT2D eigenvalue weighted by Crippen LogP contribution is -2.16. The lowest BCUT2D eigenvalue weighted by Gasteiger charge is -2.04. The molecule has 2 rings (SSSR count). The van der Waals surface area contributed by atoms with Crippen molar-refractivity contribution < 1.29 is 9.90 Å². The van der Waals surface area contributed by atoms with Crippen LogP contribution in [-0.2, 0) is 6.54 Å². The van der Waals surface area contributed by atoms with Crippen molar-refractivity contribution in [3.05, 3.63) is 34.5 Å². The Morgan fingerprint density at radius 1 is 1.61 bits per heavy atom. The van der Waals surface area contributed by atoms with Crippen LogP contribution in [0.3, 0.4) is 0 Å². The van der Waals surface area contributed by atoms with Gasteiger partial charge in [-0.3, -0.25) is 4.57 Å². The molecular formula is C10H10N4O3S. The lowest BCUT2D eigenvalue weighted by atomic mass is 10.3. The summed E-state index contributed by atoms with van der Waals surface area (Å²) in [6, 6.07) is 3.26. The van der Waals surface area contributed by atoms with Gasteiger partial charge in [-0.25, -0.2) is 19.7 Å². The Labute approximate surface area is 106 Å². The summed E-state index contributed by atoms with van der Waals surface area (Å²) in [5.41, 5.74) is -0.374. The Morgan fingerprint density at radius 2 is 2.39 bits per heavy atom. The Bertz CT molecular complexity index is 634. The lowest BCUT2D eigenvalue weighted by molar-refractivity contribution is 0.0686. The van der Waals surface area contributed by atoms with Gasteiger partial charge in [-0.15, -0.1) is 5.10 Å². The Morgan fingerprint density at radius 3 is 3.06 bits per heavy atom. The summed E-state index contributed by atoms with van der Waals surface area (Å²) in [6.07, 6.45) is 1.41. The van der Waals surface area contributed by atoms with E-state index in [4.69, 9.17) is 5.11 Å². The maximum Gasteiger partial charge on any atom is 0.355 e. The number of hydrogen-bond acceptors (Lipinski definition) is 5. The van der Waals surface area contributed by atoms with Gasteiger partial charge < -0.3 is 5.11 Å². The van der Waals surface area contributed by atoms with Crippen molar-refractivity contribution in [2.75, 3.05) is 0 Å². The fourth-order valence-electron chi connectivity index (χ4n) is 1.39. The van der Waals surface area contributed by atoms with Gasteiger partial charge in [0.15, 0.2) is 10.9 Å². The fourth-order valence-corrected chi connectivity index (χ4v) is 2.39. The molecule has 0 spiro atoms. The van der Waals surface area contributed by atoms with Crippen LogP contribution in [0, 0.1) is 0 Å². The minimum atomic E-state index is -1.11. The minimum Gasteiger partial charge on any atom is -0.476 e. The SMILES string of the molecule is CCn1c(Sc2cccnc2C(=O)O)n[nH]c1=O. The van der Waals surface area contributed by atoms with Crippen LogP contribution in [0.4, 0.5) is 0 Å². The van der Waals surface area contributed by atoms with Crippen LogP contribution in [-0.4, -0.2) is 30.8 Å². The molecule has 0 radical (unpaired) electrons. The molecule has 0 aliphatic carbocycles. The molecule has 2 aromatic rings. The van der Waals surface area contributed by atoms with Crippen molar-refractivity contribution in [3.8, 4) is 0 Å². The van der Waals surface area contributed by atoms with E-state index in [0.717, 1.165) is 11.8 Å². The van der Waals surface area contributed by atoms with Gasteiger partial charge in [0.05, 0.1) is 0 Å². The zero-order valence-electron chi connectivity index (χ0n) is 9.45. The number of aromatic nitrogens is 4. The molecule has 8 heteroatoms. The third-order valence-electron chi connectivity index (χ3n) is 2.21. The highest BCUT2D eigenvalue weighted by atomic mass is 32.2. The Balaban J connectivity index is 2.40. The molecule has 18 heavy (non-hydrogen) atoms. The number of pyridine rings is 1. The number of H-pyrrole nitrogens is 1. The van der Waals surface area contributed by atoms with E-state index in [-0.39, 0.29) is 11.4 Å². The van der Waals surface area contributed by atoms with Crippen LogP contribution in [0.2, 0.25) is 0 Å². The summed E-state index contributed by atoms with van der Waals surface area (Å²) >= 11 is 1.09. The first-order chi connectivity index (χ1) is 8.63. The zero-order chi connectivity index (χ0) is 13.1. The molecule has 2 heterocycles. The molecule has 0 saturated carbocycles. The van der Waals surface area contributed by atoms with Crippen LogP contribution in [0.15, 0.2) is 33.2 Å². The molecule has 0 aliphatic rings. The molecule has 94 valence electrons. The maximum absolute atomic E-state index is 11.4. The molecule has 0 aliphatic heterocycles. The average molecular weight is 266 g/mol. The van der Waals surface area contributed by atoms with Crippen molar-refractivity contribution in [2.45, 2.75) is 23.5 Å². The molecule has 0 fully saturated rings. The van der Waals surface area contributed by atoms with Crippen LogP contribution in [0.1, 0.15) is 17.4 Å². The van der Waals surface area contributed by atoms with E-state index >= 15 is 0 Å². The molecular weight excluding hydrogens is 256 g/mol. The second-order valence-corrected chi connectivity index (χ2v) is 4.32. The number of nitrogens with one attached hydrogen (secondary N) is 1. The van der Waals surface area contributed by atoms with E-state index in [2.05, 4.69) is 15.2 Å². The topological polar surface area (TPSA) is 101 Å². The summed E-state index contributed by atoms with van der Waals surface area (Å²) in [6.45, 7) is 2.27. The summed E-state index contributed by atoms with van der Waals surface area (Å²) in [7, 11) is 0. The number of carbonyl (C=O) groups is 1. The van der Waals surface area contributed by atoms with Gasteiger partial charge >= 0.3 is 11.7 Å². The van der Waals surface area contributed by atoms with Gasteiger partial charge in [0.25, 0.3) is 0 Å². The highest BCUT2D eigenvalue weighted by Gasteiger charge is 2.15. The molecule has 0 unspecified atom stereocenters. The first-order valence-corrected chi connectivity index (χ1v) is 5.96. The van der Waals surface area contributed by atoms with Crippen LogP contribution in [0.5, 0.6) is 0 Å². The number of hydrogen-bond donors (Lipinski definition) is 2. The van der Waals surface area contributed by atoms with E-state index in [1.807, 2.05) is 6.92 Å². The Hall–Kier alpha value is -2.09. The minimum absolute atomic E-state index is 0.0550. The van der Waals surface area contributed by atoms with Gasteiger partial charge in [0, 0.05) is 17.6 Å². The first-order valence-electron chi connectivity index (χ1n) is 5.15. The van der Waals surface area contributed by atoms with Crippen LogP contribution < -0.4 is 5.69 Å². The quantitative estimate of drug-likeness (QED) is 0.850. The van der Waals surface area contributed by atoms with Crippen molar-refractivity contribution in [3.63, 3.8) is 0 Å². The summed E-state index contributed by atoms with van der Waals surface area (Å²) in [5, 5.41) is 15.6. The normalized spacial score (nSPS) is 10.5. The van der Waals surface area contributed by atoms with Gasteiger partial charge in [0.2, 0.25) is 0 Å². The van der Waals surface area contributed by atoms with Crippen molar-refractivity contribution in [1.29, 1.82) is 0 Å². The molecule has 2 N–H and O–H groups in total. The number of nitrogens with zero attached hydrogens (tertiary/aromatic N) is 3. The number of rotatable bonds is 4. The van der Waals surface area contributed by atoms with Crippen molar-refractivity contribution in [2.24, 2.45) is 0 Å². The Kier molecular flexibility index (Phi) is 3.47. The number of aromatic amines is 1. The van der Waals surface area contributed by atoms with Gasteiger partial charge in [-0.2, -0.15) is 0 Å². The highest BCUT2D eigenvalue weighted by Crippen LogP contribution is 2.27. The summed E-state index contributed by atoms with van der Waals surface area (Å²) in [5.74, 6) is -1.11. The summed E-state index contributed by atoms with van der Waals surface area (Å²) in [4.78, 5) is 26.6. The predicted octanol–water partition coefficient (Wildman–Crippen LogP) is 0.836. The van der Waals surface area contributed by atoms with Crippen molar-refractivity contribution in [1.82, 2.24) is 19.7 Å². The summed E-state index contributed by atoms with van der Waals surface area (Å²) < 4.78 is 1.42. The largest absolute Gasteiger partial charge is 0.476 e. The first kappa shape index (κ1) is 12.4. The van der Waals surface area contributed by atoms with E-state index in [9.17, 15) is 9.59 Å². The molecule has 0 amide bonds. The average Bonchev–Trinajstić information content (AvgIpc) is 2.70. The van der Waals surface area contributed by atoms with Crippen LogP contribution in [0.25, 0.3) is 0 Å². The van der Waals surface area contributed by atoms with E-state index < -0.39 is 5.97 Å². The van der Waals surface area contributed by atoms with E-state index in [0.29, 0.717) is 16.6 Å². The third-order valence-corrected chi connectivity index (χ3v) is 3.26. The molecule has 0 atom stereocenters. The maximum atomic E-state index is 11.4. The monoisotopic (exact) mass is 266 g/mol. The number of aromatic carboxylic acids is 1. The molecule has 0 saturated heterocycles. The second-order valence-electron chi connectivity index (χ2n) is 3.31. The van der Waals surface area contributed by atoms with Gasteiger partial charge in [-0.05, 0) is 30.8 Å². The smallest absolute Gasteiger partial charge is 0.355 e. The highest BCUT2D eigenvalue weighted by molar-refractivity contribution is 7.99. The van der Waals surface area contributed by atoms with Gasteiger partial charge in [0.1, 0.15) is 0 Å². The van der Waals surface area contributed by atoms with E-state index in [1.54, 1.807) is 12.1 Å². The predicted molar refractivity (Wildman–Crippen MR) is 63.8 cm³/mol. The zero-order valence-corrected chi connectivity index (χ0v) is 10.3. The fraction of sp³-hybridized carbons (Fsp3) is 0.200. The van der Waals surface area contributed by atoms with Crippen LogP contribution >= 0.6 is 11.8 Å². The number of carboxylic acid groups (broad SMARTS) is 1. The second kappa shape index (κ2) is 5.05. The van der Waals surface area contributed by atoms with E-state index in [1.165, 1.54) is 10.8 Å².